The molecule has 0 saturated heterocycles. The van der Waals surface area contributed by atoms with Gasteiger partial charge in [-0.05, 0) is 48.2 Å². The van der Waals surface area contributed by atoms with Gasteiger partial charge in [-0.1, -0.05) is 84.6 Å². The lowest BCUT2D eigenvalue weighted by Gasteiger charge is -2.34. The fourth-order valence-electron chi connectivity index (χ4n) is 5.19. The standard InChI is InChI=1S/C31H35Cl2N3O5S/c1-41-29-15-9-8-14-27(29)36(42(2,39)40)21-30(37)35(20-23-16-17-25(32)26(33)18-23)28(19-22-10-4-3-5-11-22)31(38)34-24-12-6-7-13-24/h3-5,8-11,14-18,24,28H,6-7,12-13,19-21H2,1-2H3,(H,34,38)/t28-/m0/s1. The molecule has 1 atom stereocenters. The van der Waals surface area contributed by atoms with Crippen molar-refractivity contribution in [1.29, 1.82) is 0 Å². The van der Waals surface area contributed by atoms with Crippen molar-refractivity contribution in [3.63, 3.8) is 0 Å². The van der Waals surface area contributed by atoms with Crippen molar-refractivity contribution >= 4 is 50.7 Å². The highest BCUT2D eigenvalue weighted by Gasteiger charge is 2.34. The van der Waals surface area contributed by atoms with E-state index in [9.17, 15) is 18.0 Å². The lowest BCUT2D eigenvalue weighted by molar-refractivity contribution is -0.140. The van der Waals surface area contributed by atoms with E-state index >= 15 is 0 Å². The van der Waals surface area contributed by atoms with Gasteiger partial charge in [0.1, 0.15) is 18.3 Å². The molecule has 3 aromatic rings. The van der Waals surface area contributed by atoms with E-state index in [4.69, 9.17) is 27.9 Å². The minimum atomic E-state index is -3.92. The second kappa shape index (κ2) is 14.3. The summed E-state index contributed by atoms with van der Waals surface area (Å²) in [6, 6.07) is 20.1. The molecule has 2 amide bonds. The molecule has 42 heavy (non-hydrogen) atoms. The molecule has 1 N–H and O–H groups in total. The monoisotopic (exact) mass is 631 g/mol. The highest BCUT2D eigenvalue weighted by Crippen LogP contribution is 2.30. The Balaban J connectivity index is 1.75. The van der Waals surface area contributed by atoms with Crippen LogP contribution in [0.3, 0.4) is 0 Å². The molecule has 1 aliphatic rings. The first-order valence-electron chi connectivity index (χ1n) is 13.7. The Hall–Kier alpha value is -3.27. The Morgan fingerprint density at radius 2 is 1.62 bits per heavy atom. The first kappa shape index (κ1) is 31.7. The molecule has 0 unspecified atom stereocenters. The average molecular weight is 633 g/mol. The zero-order valence-corrected chi connectivity index (χ0v) is 26.0. The van der Waals surface area contributed by atoms with Crippen LogP contribution in [-0.4, -0.2) is 57.1 Å². The molecule has 0 bridgehead atoms. The molecule has 1 aliphatic carbocycles. The summed E-state index contributed by atoms with van der Waals surface area (Å²) in [5, 5.41) is 3.81. The molecular weight excluding hydrogens is 597 g/mol. The number of para-hydroxylation sites is 2. The number of ether oxygens (including phenoxy) is 1. The highest BCUT2D eigenvalue weighted by atomic mass is 35.5. The fourth-order valence-corrected chi connectivity index (χ4v) is 6.36. The van der Waals surface area contributed by atoms with Crippen LogP contribution in [0.1, 0.15) is 36.8 Å². The first-order valence-corrected chi connectivity index (χ1v) is 16.4. The third-order valence-corrected chi connectivity index (χ3v) is 9.21. The van der Waals surface area contributed by atoms with Crippen molar-refractivity contribution in [2.45, 2.75) is 50.7 Å². The van der Waals surface area contributed by atoms with Gasteiger partial charge in [0.05, 0.1) is 29.1 Å². The van der Waals surface area contributed by atoms with Crippen molar-refractivity contribution in [1.82, 2.24) is 10.2 Å². The molecule has 0 aromatic heterocycles. The number of anilines is 1. The van der Waals surface area contributed by atoms with E-state index in [-0.39, 0.29) is 30.6 Å². The topological polar surface area (TPSA) is 96.0 Å². The normalized spacial score (nSPS) is 14.3. The molecule has 0 aliphatic heterocycles. The van der Waals surface area contributed by atoms with Crippen LogP contribution in [0.4, 0.5) is 5.69 Å². The van der Waals surface area contributed by atoms with Crippen LogP contribution >= 0.6 is 23.2 Å². The van der Waals surface area contributed by atoms with Crippen molar-refractivity contribution < 1.29 is 22.7 Å². The van der Waals surface area contributed by atoms with Crippen molar-refractivity contribution in [2.24, 2.45) is 0 Å². The van der Waals surface area contributed by atoms with Crippen LogP contribution in [0.2, 0.25) is 10.0 Å². The number of halogens is 2. The summed E-state index contributed by atoms with van der Waals surface area (Å²) in [5.74, 6) is -0.547. The first-order chi connectivity index (χ1) is 20.1. The Morgan fingerprint density at radius 3 is 2.26 bits per heavy atom. The second-order valence-corrected chi connectivity index (χ2v) is 13.1. The number of rotatable bonds is 12. The van der Waals surface area contributed by atoms with Gasteiger partial charge < -0.3 is 15.0 Å². The number of nitrogens with one attached hydrogen (secondary N) is 1. The smallest absolute Gasteiger partial charge is 0.244 e. The van der Waals surface area contributed by atoms with Gasteiger partial charge in [0.25, 0.3) is 0 Å². The number of methoxy groups -OCH3 is 1. The number of carbonyl (C=O) groups excluding carboxylic acids is 2. The molecule has 1 saturated carbocycles. The van der Waals surface area contributed by atoms with Crippen LogP contribution < -0.4 is 14.4 Å². The Labute approximate surface area is 257 Å². The summed E-state index contributed by atoms with van der Waals surface area (Å²) in [7, 11) is -2.49. The molecule has 0 radical (unpaired) electrons. The van der Waals surface area contributed by atoms with Crippen molar-refractivity contribution in [2.75, 3.05) is 24.2 Å². The number of hydrogen-bond acceptors (Lipinski definition) is 5. The van der Waals surface area contributed by atoms with Gasteiger partial charge in [-0.3, -0.25) is 13.9 Å². The maximum Gasteiger partial charge on any atom is 0.244 e. The molecule has 224 valence electrons. The van der Waals surface area contributed by atoms with Gasteiger partial charge >= 0.3 is 0 Å². The van der Waals surface area contributed by atoms with Gasteiger partial charge in [-0.25, -0.2) is 8.42 Å². The van der Waals surface area contributed by atoms with Gasteiger partial charge in [0.15, 0.2) is 0 Å². The third-order valence-electron chi connectivity index (χ3n) is 7.34. The average Bonchev–Trinajstić information content (AvgIpc) is 3.48. The lowest BCUT2D eigenvalue weighted by atomic mass is 10.0. The zero-order valence-electron chi connectivity index (χ0n) is 23.6. The number of hydrogen-bond donors (Lipinski definition) is 1. The van der Waals surface area contributed by atoms with Crippen molar-refractivity contribution in [3.05, 3.63) is 94.0 Å². The van der Waals surface area contributed by atoms with E-state index < -0.39 is 28.5 Å². The second-order valence-electron chi connectivity index (χ2n) is 10.4. The van der Waals surface area contributed by atoms with Gasteiger partial charge in [-0.15, -0.1) is 0 Å². The van der Waals surface area contributed by atoms with Crippen LogP contribution in [-0.2, 0) is 32.6 Å². The zero-order chi connectivity index (χ0) is 30.3. The molecule has 4 rings (SSSR count). The Bertz CT molecular complexity index is 1500. The molecule has 1 fully saturated rings. The summed E-state index contributed by atoms with van der Waals surface area (Å²) >= 11 is 12.5. The third kappa shape index (κ3) is 8.18. The molecular formula is C31H35Cl2N3O5S. The summed E-state index contributed by atoms with van der Waals surface area (Å²) in [5.41, 5.74) is 1.73. The van der Waals surface area contributed by atoms with E-state index in [1.54, 1.807) is 42.5 Å². The number of carbonyl (C=O) groups is 2. The quantitative estimate of drug-likeness (QED) is 0.286. The maximum absolute atomic E-state index is 14.2. The highest BCUT2D eigenvalue weighted by molar-refractivity contribution is 7.92. The van der Waals surface area contributed by atoms with E-state index in [0.29, 0.717) is 21.4 Å². The summed E-state index contributed by atoms with van der Waals surface area (Å²) in [6.45, 7) is -0.530. The maximum atomic E-state index is 14.2. The Morgan fingerprint density at radius 1 is 0.952 bits per heavy atom. The van der Waals surface area contributed by atoms with E-state index in [0.717, 1.165) is 41.8 Å². The number of benzene rings is 3. The summed E-state index contributed by atoms with van der Waals surface area (Å²) in [6.07, 6.45) is 5.08. The number of nitrogens with zero attached hydrogens (tertiary/aromatic N) is 2. The summed E-state index contributed by atoms with van der Waals surface area (Å²) in [4.78, 5) is 29.6. The number of sulfonamides is 1. The molecule has 8 nitrogen and oxygen atoms in total. The van der Waals surface area contributed by atoms with Crippen LogP contribution in [0.25, 0.3) is 0 Å². The minimum absolute atomic E-state index is 0.00877. The predicted octanol–water partition coefficient (Wildman–Crippen LogP) is 5.47. The van der Waals surface area contributed by atoms with Gasteiger partial charge in [-0.2, -0.15) is 0 Å². The van der Waals surface area contributed by atoms with Crippen molar-refractivity contribution in [3.8, 4) is 5.75 Å². The van der Waals surface area contributed by atoms with E-state index in [2.05, 4.69) is 5.32 Å². The SMILES string of the molecule is COc1ccccc1N(CC(=O)N(Cc1ccc(Cl)c(Cl)c1)[C@@H](Cc1ccccc1)C(=O)NC1CCCC1)S(C)(=O)=O. The van der Waals surface area contributed by atoms with Crippen LogP contribution in [0.15, 0.2) is 72.8 Å². The molecule has 0 heterocycles. The molecule has 11 heteroatoms. The predicted molar refractivity (Wildman–Crippen MR) is 167 cm³/mol. The minimum Gasteiger partial charge on any atom is -0.495 e. The van der Waals surface area contributed by atoms with Gasteiger partial charge in [0, 0.05) is 19.0 Å². The lowest BCUT2D eigenvalue weighted by Crippen LogP contribution is -2.54. The van der Waals surface area contributed by atoms with E-state index in [1.165, 1.54) is 12.0 Å². The fraction of sp³-hybridized carbons (Fsp3) is 0.355. The molecule has 0 spiro atoms. The summed E-state index contributed by atoms with van der Waals surface area (Å²) < 4.78 is 32.4. The Kier molecular flexibility index (Phi) is 10.8. The molecule has 3 aromatic carbocycles. The number of amides is 2. The van der Waals surface area contributed by atoms with Gasteiger partial charge in [0.2, 0.25) is 21.8 Å². The van der Waals surface area contributed by atoms with E-state index in [1.807, 2.05) is 30.3 Å². The largest absolute Gasteiger partial charge is 0.495 e. The van der Waals surface area contributed by atoms with Crippen LogP contribution in [0.5, 0.6) is 5.75 Å². The van der Waals surface area contributed by atoms with Crippen LogP contribution in [0, 0.1) is 0 Å².